The number of hydrogen-bond acceptors (Lipinski definition) is 3. The Labute approximate surface area is 117 Å². The van der Waals surface area contributed by atoms with Gasteiger partial charge in [-0.25, -0.2) is 0 Å². The summed E-state index contributed by atoms with van der Waals surface area (Å²) in [5.74, 6) is 1.47. The van der Waals surface area contributed by atoms with Gasteiger partial charge in [-0.05, 0) is 12.5 Å². The zero-order valence-corrected chi connectivity index (χ0v) is 11.8. The van der Waals surface area contributed by atoms with Gasteiger partial charge in [-0.1, -0.05) is 29.8 Å². The molecule has 0 aliphatic heterocycles. The first-order valence-corrected chi connectivity index (χ1v) is 6.43. The molecule has 0 unspecified atom stereocenters. The molecule has 3 heteroatoms. The maximum Gasteiger partial charge on any atom is 0.141 e. The van der Waals surface area contributed by atoms with E-state index >= 15 is 0 Å². The van der Waals surface area contributed by atoms with E-state index in [1.165, 1.54) is 5.56 Å². The van der Waals surface area contributed by atoms with E-state index < -0.39 is 0 Å². The summed E-state index contributed by atoms with van der Waals surface area (Å²) in [6.45, 7) is 2.07. The van der Waals surface area contributed by atoms with Crippen LogP contribution in [0.15, 0.2) is 47.1 Å². The summed E-state index contributed by atoms with van der Waals surface area (Å²) >= 11 is 0. The van der Waals surface area contributed by atoms with Gasteiger partial charge in [0, 0.05) is 17.7 Å². The molecule has 0 amide bonds. The van der Waals surface area contributed by atoms with Gasteiger partial charge in [0.15, 0.2) is 0 Å². The quantitative estimate of drug-likeness (QED) is 0.704. The van der Waals surface area contributed by atoms with Crippen molar-refractivity contribution in [3.05, 3.63) is 48.2 Å². The number of aryl methyl sites for hydroxylation is 1. The molecule has 0 spiro atoms. The Morgan fingerprint density at radius 1 is 0.950 bits per heavy atom. The van der Waals surface area contributed by atoms with Crippen molar-refractivity contribution in [2.75, 3.05) is 14.2 Å². The molecular formula is C17H16O3. The fraction of sp³-hybridized carbons (Fsp3) is 0.176. The third-order valence-electron chi connectivity index (χ3n) is 3.43. The summed E-state index contributed by atoms with van der Waals surface area (Å²) in [7, 11) is 3.28. The van der Waals surface area contributed by atoms with Crippen LogP contribution >= 0.6 is 0 Å². The Kier molecular flexibility index (Phi) is 3.11. The smallest absolute Gasteiger partial charge is 0.141 e. The molecule has 3 aromatic rings. The molecule has 3 nitrogen and oxygen atoms in total. The fourth-order valence-corrected chi connectivity index (χ4v) is 2.33. The predicted octanol–water partition coefficient (Wildman–Crippen LogP) is 4.43. The van der Waals surface area contributed by atoms with Gasteiger partial charge in [0.25, 0.3) is 0 Å². The van der Waals surface area contributed by atoms with Crippen molar-refractivity contribution in [1.82, 2.24) is 0 Å². The highest BCUT2D eigenvalue weighted by Crippen LogP contribution is 2.39. The minimum absolute atomic E-state index is 0.721. The topological polar surface area (TPSA) is 31.6 Å². The molecule has 102 valence electrons. The summed E-state index contributed by atoms with van der Waals surface area (Å²) in [5, 5.41) is 0.970. The lowest BCUT2D eigenvalue weighted by Crippen LogP contribution is -1.88. The molecule has 1 aromatic heterocycles. The molecule has 0 aliphatic rings. The van der Waals surface area contributed by atoms with Crippen LogP contribution in [0.25, 0.3) is 22.1 Å². The normalized spacial score (nSPS) is 10.8. The standard InChI is InChI=1S/C17H16O3/c1-11-4-6-12(7-5-11)14-10-20-16-9-13(18-2)8-15(19-3)17(14)16/h4-10H,1-3H3. The Morgan fingerprint density at radius 3 is 2.35 bits per heavy atom. The highest BCUT2D eigenvalue weighted by Gasteiger charge is 2.14. The maximum atomic E-state index is 5.66. The highest BCUT2D eigenvalue weighted by atomic mass is 16.5. The van der Waals surface area contributed by atoms with Crippen LogP contribution in [0.3, 0.4) is 0 Å². The van der Waals surface area contributed by atoms with Crippen molar-refractivity contribution in [3.8, 4) is 22.6 Å². The van der Waals surface area contributed by atoms with Crippen molar-refractivity contribution >= 4 is 11.0 Å². The minimum Gasteiger partial charge on any atom is -0.496 e. The molecule has 20 heavy (non-hydrogen) atoms. The number of hydrogen-bond donors (Lipinski definition) is 0. The molecule has 1 heterocycles. The van der Waals surface area contributed by atoms with E-state index in [4.69, 9.17) is 13.9 Å². The molecule has 2 aromatic carbocycles. The number of methoxy groups -OCH3 is 2. The molecule has 0 saturated carbocycles. The Bertz CT molecular complexity index is 739. The van der Waals surface area contributed by atoms with Crippen molar-refractivity contribution < 1.29 is 13.9 Å². The van der Waals surface area contributed by atoms with E-state index in [2.05, 4.69) is 31.2 Å². The van der Waals surface area contributed by atoms with Gasteiger partial charge in [0.2, 0.25) is 0 Å². The lowest BCUT2D eigenvalue weighted by molar-refractivity contribution is 0.397. The Morgan fingerprint density at radius 2 is 1.70 bits per heavy atom. The first-order chi connectivity index (χ1) is 9.72. The third kappa shape index (κ3) is 2.01. The molecule has 0 aliphatic carbocycles. The van der Waals surface area contributed by atoms with E-state index in [0.717, 1.165) is 33.6 Å². The van der Waals surface area contributed by atoms with Crippen LogP contribution in [0.4, 0.5) is 0 Å². The van der Waals surface area contributed by atoms with Crippen LogP contribution in [0.2, 0.25) is 0 Å². The summed E-state index contributed by atoms with van der Waals surface area (Å²) < 4.78 is 16.4. The molecule has 0 atom stereocenters. The first kappa shape index (κ1) is 12.6. The van der Waals surface area contributed by atoms with E-state index in [1.54, 1.807) is 20.5 Å². The third-order valence-corrected chi connectivity index (χ3v) is 3.43. The largest absolute Gasteiger partial charge is 0.496 e. The summed E-state index contributed by atoms with van der Waals surface area (Å²) in [6.07, 6.45) is 1.76. The zero-order chi connectivity index (χ0) is 14.1. The second kappa shape index (κ2) is 4.93. The average molecular weight is 268 g/mol. The molecule has 0 fully saturated rings. The zero-order valence-electron chi connectivity index (χ0n) is 11.8. The van der Waals surface area contributed by atoms with E-state index in [9.17, 15) is 0 Å². The van der Waals surface area contributed by atoms with Gasteiger partial charge < -0.3 is 13.9 Å². The predicted molar refractivity (Wildman–Crippen MR) is 79.5 cm³/mol. The number of rotatable bonds is 3. The van der Waals surface area contributed by atoms with Crippen LogP contribution in [0.1, 0.15) is 5.56 Å². The van der Waals surface area contributed by atoms with Crippen molar-refractivity contribution in [2.24, 2.45) is 0 Å². The van der Waals surface area contributed by atoms with Crippen LogP contribution in [0, 0.1) is 6.92 Å². The lowest BCUT2D eigenvalue weighted by atomic mass is 10.0. The number of fused-ring (bicyclic) bond motifs is 1. The fourth-order valence-electron chi connectivity index (χ4n) is 2.33. The first-order valence-electron chi connectivity index (χ1n) is 6.43. The molecular weight excluding hydrogens is 252 g/mol. The average Bonchev–Trinajstić information content (AvgIpc) is 2.91. The van der Waals surface area contributed by atoms with Gasteiger partial charge in [-0.15, -0.1) is 0 Å². The minimum atomic E-state index is 0.721. The van der Waals surface area contributed by atoms with Crippen LogP contribution in [-0.2, 0) is 0 Å². The second-order valence-electron chi connectivity index (χ2n) is 4.72. The maximum absolute atomic E-state index is 5.66. The Balaban J connectivity index is 2.24. The van der Waals surface area contributed by atoms with Gasteiger partial charge in [-0.3, -0.25) is 0 Å². The molecule has 0 radical (unpaired) electrons. The van der Waals surface area contributed by atoms with Gasteiger partial charge >= 0.3 is 0 Å². The van der Waals surface area contributed by atoms with Crippen molar-refractivity contribution in [2.45, 2.75) is 6.92 Å². The molecule has 0 saturated heterocycles. The van der Waals surface area contributed by atoms with Crippen LogP contribution in [-0.4, -0.2) is 14.2 Å². The number of benzene rings is 2. The van der Waals surface area contributed by atoms with Crippen molar-refractivity contribution in [3.63, 3.8) is 0 Å². The number of ether oxygens (including phenoxy) is 2. The summed E-state index contributed by atoms with van der Waals surface area (Å²) in [5.41, 5.74) is 4.13. The summed E-state index contributed by atoms with van der Waals surface area (Å²) in [4.78, 5) is 0. The highest BCUT2D eigenvalue weighted by molar-refractivity contribution is 5.99. The van der Waals surface area contributed by atoms with Crippen molar-refractivity contribution in [1.29, 1.82) is 0 Å². The van der Waals surface area contributed by atoms with Gasteiger partial charge in [0.05, 0.1) is 25.9 Å². The second-order valence-corrected chi connectivity index (χ2v) is 4.72. The van der Waals surface area contributed by atoms with E-state index in [-0.39, 0.29) is 0 Å². The van der Waals surface area contributed by atoms with Gasteiger partial charge in [-0.2, -0.15) is 0 Å². The Hall–Kier alpha value is -2.42. The van der Waals surface area contributed by atoms with E-state index in [1.807, 2.05) is 12.1 Å². The molecule has 0 N–H and O–H groups in total. The monoisotopic (exact) mass is 268 g/mol. The molecule has 3 rings (SSSR count). The lowest BCUT2D eigenvalue weighted by Gasteiger charge is -2.07. The van der Waals surface area contributed by atoms with Crippen LogP contribution < -0.4 is 9.47 Å². The van der Waals surface area contributed by atoms with E-state index in [0.29, 0.717) is 0 Å². The van der Waals surface area contributed by atoms with Crippen LogP contribution in [0.5, 0.6) is 11.5 Å². The SMILES string of the molecule is COc1cc(OC)c2c(-c3ccc(C)cc3)coc2c1. The van der Waals surface area contributed by atoms with Gasteiger partial charge in [0.1, 0.15) is 17.1 Å². The summed E-state index contributed by atoms with van der Waals surface area (Å²) in [6, 6.07) is 12.1. The molecule has 0 bridgehead atoms. The number of furan rings is 1.